The molecule has 0 spiro atoms. The molecule has 1 atom stereocenters. The van der Waals surface area contributed by atoms with Gasteiger partial charge < -0.3 is 5.73 Å². The Hall–Kier alpha value is -3.35. The topological polar surface area (TPSA) is 26.0 Å². The molecule has 0 fully saturated rings. The Kier molecular flexibility index (Phi) is 5.20. The summed E-state index contributed by atoms with van der Waals surface area (Å²) in [5, 5.41) is 0. The third-order valence-electron chi connectivity index (χ3n) is 5.43. The molecule has 2 aromatic carbocycles. The Morgan fingerprint density at radius 1 is 0.931 bits per heavy atom. The summed E-state index contributed by atoms with van der Waals surface area (Å²) in [6, 6.07) is 14.7. The van der Waals surface area contributed by atoms with Crippen LogP contribution in [0.15, 0.2) is 101 Å². The van der Waals surface area contributed by atoms with Gasteiger partial charge in [-0.25, -0.2) is 4.39 Å². The number of nitrogen functional groups attached to an aromatic ring is 1. The average Bonchev–Trinajstić information content (AvgIpc) is 2.79. The second kappa shape index (κ2) is 7.95. The van der Waals surface area contributed by atoms with Crippen LogP contribution in [-0.2, 0) is 0 Å². The molecular formula is C27H24FN. The molecule has 0 aromatic heterocycles. The maximum atomic E-state index is 13.4. The lowest BCUT2D eigenvalue weighted by Crippen LogP contribution is -2.09. The van der Waals surface area contributed by atoms with Crippen LogP contribution in [-0.4, -0.2) is 0 Å². The van der Waals surface area contributed by atoms with Gasteiger partial charge in [-0.05, 0) is 83.0 Å². The summed E-state index contributed by atoms with van der Waals surface area (Å²) < 4.78 is 13.4. The zero-order valence-corrected chi connectivity index (χ0v) is 16.7. The molecule has 0 heterocycles. The predicted octanol–water partition coefficient (Wildman–Crippen LogP) is 6.88. The lowest BCUT2D eigenvalue weighted by Gasteiger charge is -2.26. The van der Waals surface area contributed by atoms with E-state index in [1.165, 1.54) is 23.3 Å². The summed E-state index contributed by atoms with van der Waals surface area (Å²) in [5.41, 5.74) is 18.2. The van der Waals surface area contributed by atoms with Crippen molar-refractivity contribution >= 4 is 16.8 Å². The maximum Gasteiger partial charge on any atom is 0.123 e. The summed E-state index contributed by atoms with van der Waals surface area (Å²) in [6.45, 7) is 4.30. The normalized spacial score (nSPS) is 18.9. The molecule has 0 radical (unpaired) electrons. The van der Waals surface area contributed by atoms with E-state index in [4.69, 9.17) is 5.73 Å². The number of anilines is 1. The number of hydrogen-bond donors (Lipinski definition) is 1. The summed E-state index contributed by atoms with van der Waals surface area (Å²) in [5.74, 6) is 0.124. The van der Waals surface area contributed by atoms with Gasteiger partial charge in [0.05, 0.1) is 0 Å². The first-order chi connectivity index (χ1) is 14.0. The van der Waals surface area contributed by atoms with Crippen molar-refractivity contribution in [2.24, 2.45) is 5.92 Å². The van der Waals surface area contributed by atoms with Gasteiger partial charge in [0, 0.05) is 11.3 Å². The van der Waals surface area contributed by atoms with Gasteiger partial charge in [0.25, 0.3) is 0 Å². The quantitative estimate of drug-likeness (QED) is 0.445. The van der Waals surface area contributed by atoms with Crippen LogP contribution < -0.4 is 5.73 Å². The van der Waals surface area contributed by atoms with E-state index in [2.05, 4.69) is 50.0 Å². The van der Waals surface area contributed by atoms with Crippen LogP contribution in [0.1, 0.15) is 31.4 Å². The van der Waals surface area contributed by atoms with E-state index in [1.807, 2.05) is 36.4 Å². The third-order valence-corrected chi connectivity index (χ3v) is 5.43. The van der Waals surface area contributed by atoms with Crippen LogP contribution in [0, 0.1) is 11.7 Å². The first-order valence-corrected chi connectivity index (χ1v) is 9.90. The molecule has 29 heavy (non-hydrogen) atoms. The Morgan fingerprint density at radius 2 is 1.59 bits per heavy atom. The van der Waals surface area contributed by atoms with Gasteiger partial charge >= 0.3 is 0 Å². The highest BCUT2D eigenvalue weighted by Gasteiger charge is 2.23. The van der Waals surface area contributed by atoms with E-state index in [9.17, 15) is 4.39 Å². The van der Waals surface area contributed by atoms with Gasteiger partial charge in [-0.2, -0.15) is 0 Å². The Balaban J connectivity index is 1.95. The van der Waals surface area contributed by atoms with Crippen molar-refractivity contribution in [1.82, 2.24) is 0 Å². The molecule has 0 amide bonds. The zero-order valence-electron chi connectivity index (χ0n) is 16.7. The van der Waals surface area contributed by atoms with E-state index in [0.717, 1.165) is 40.0 Å². The van der Waals surface area contributed by atoms with Gasteiger partial charge in [0.15, 0.2) is 0 Å². The second-order valence-electron chi connectivity index (χ2n) is 7.67. The lowest BCUT2D eigenvalue weighted by atomic mass is 9.78. The number of allylic oxidation sites excluding steroid dienone is 9. The number of hydrogen-bond acceptors (Lipinski definition) is 1. The van der Waals surface area contributed by atoms with Crippen molar-refractivity contribution in [1.29, 1.82) is 0 Å². The molecule has 1 nitrogen and oxygen atoms in total. The molecule has 2 heteroatoms. The number of halogens is 1. The first kappa shape index (κ1) is 19.0. The molecule has 0 bridgehead atoms. The standard InChI is InChI=1S/C27H24FN/c1-18-5-3-4-6-25-19(2)16-22(20-7-11-23(28)12-8-20)17-27(25)26(15-18)21-9-13-24(29)14-10-21/h3-14,17,19H,16,29H2,1-2H3. The van der Waals surface area contributed by atoms with Gasteiger partial charge in [0.1, 0.15) is 5.82 Å². The van der Waals surface area contributed by atoms with Crippen molar-refractivity contribution < 1.29 is 4.39 Å². The highest BCUT2D eigenvalue weighted by atomic mass is 19.1. The zero-order chi connectivity index (χ0) is 20.4. The van der Waals surface area contributed by atoms with E-state index < -0.39 is 0 Å². The van der Waals surface area contributed by atoms with E-state index in [-0.39, 0.29) is 5.82 Å². The van der Waals surface area contributed by atoms with Crippen LogP contribution in [0.5, 0.6) is 0 Å². The van der Waals surface area contributed by atoms with Crippen molar-refractivity contribution in [2.45, 2.75) is 20.3 Å². The Labute approximate surface area is 171 Å². The van der Waals surface area contributed by atoms with Crippen LogP contribution in [0.4, 0.5) is 10.1 Å². The fourth-order valence-corrected chi connectivity index (χ4v) is 3.90. The van der Waals surface area contributed by atoms with Crippen LogP contribution in [0.2, 0.25) is 0 Å². The fourth-order valence-electron chi connectivity index (χ4n) is 3.90. The highest BCUT2D eigenvalue weighted by molar-refractivity contribution is 5.88. The summed E-state index contributed by atoms with van der Waals surface area (Å²) in [7, 11) is 0. The smallest absolute Gasteiger partial charge is 0.123 e. The first-order valence-electron chi connectivity index (χ1n) is 9.90. The minimum absolute atomic E-state index is 0.212. The molecule has 2 aliphatic carbocycles. The molecule has 2 aliphatic rings. The summed E-state index contributed by atoms with van der Waals surface area (Å²) >= 11 is 0. The second-order valence-corrected chi connectivity index (χ2v) is 7.67. The largest absolute Gasteiger partial charge is 0.399 e. The summed E-state index contributed by atoms with van der Waals surface area (Å²) in [6.07, 6.45) is 11.6. The van der Waals surface area contributed by atoms with Crippen LogP contribution in [0.25, 0.3) is 11.1 Å². The molecule has 4 rings (SSSR count). The Morgan fingerprint density at radius 3 is 2.31 bits per heavy atom. The molecule has 144 valence electrons. The predicted molar refractivity (Wildman–Crippen MR) is 120 cm³/mol. The Bertz CT molecular complexity index is 1120. The van der Waals surface area contributed by atoms with Crippen molar-refractivity contribution in [3.8, 4) is 0 Å². The number of rotatable bonds is 2. The molecular weight excluding hydrogens is 357 g/mol. The highest BCUT2D eigenvalue weighted by Crippen LogP contribution is 2.40. The van der Waals surface area contributed by atoms with E-state index in [0.29, 0.717) is 5.92 Å². The van der Waals surface area contributed by atoms with Gasteiger partial charge in [-0.3, -0.25) is 0 Å². The lowest BCUT2D eigenvalue weighted by molar-refractivity contribution is 0.627. The monoisotopic (exact) mass is 381 g/mol. The molecule has 0 aliphatic heterocycles. The fraction of sp³-hybridized carbons (Fsp3) is 0.148. The molecule has 0 saturated heterocycles. The van der Waals surface area contributed by atoms with Crippen LogP contribution >= 0.6 is 0 Å². The average molecular weight is 381 g/mol. The molecule has 1 unspecified atom stereocenters. The van der Waals surface area contributed by atoms with Crippen molar-refractivity contribution in [3.63, 3.8) is 0 Å². The third kappa shape index (κ3) is 4.08. The maximum absolute atomic E-state index is 13.4. The van der Waals surface area contributed by atoms with Crippen molar-refractivity contribution in [3.05, 3.63) is 118 Å². The van der Waals surface area contributed by atoms with Gasteiger partial charge in [0.2, 0.25) is 0 Å². The number of nitrogens with two attached hydrogens (primary N) is 1. The van der Waals surface area contributed by atoms with E-state index in [1.54, 1.807) is 0 Å². The molecule has 2 aromatic rings. The SMILES string of the molecule is CC1=C=C(c2ccc(N)cc2)C2=C(C=CC=C1)C(C)CC(c1ccc(F)cc1)=C2. The van der Waals surface area contributed by atoms with Crippen LogP contribution in [0.3, 0.4) is 0 Å². The van der Waals surface area contributed by atoms with E-state index >= 15 is 0 Å². The summed E-state index contributed by atoms with van der Waals surface area (Å²) in [4.78, 5) is 0. The van der Waals surface area contributed by atoms with Gasteiger partial charge in [-0.15, -0.1) is 5.73 Å². The van der Waals surface area contributed by atoms with Crippen molar-refractivity contribution in [2.75, 3.05) is 5.73 Å². The minimum atomic E-state index is -0.212. The molecule has 0 saturated carbocycles. The van der Waals surface area contributed by atoms with Gasteiger partial charge in [-0.1, -0.05) is 55.5 Å². The molecule has 2 N–H and O–H groups in total. The minimum Gasteiger partial charge on any atom is -0.399 e. The number of benzene rings is 2.